The molecule has 0 unspecified atom stereocenters. The Bertz CT molecular complexity index is 790. The number of carbonyl (C=O) groups excluding carboxylic acids is 2. The van der Waals surface area contributed by atoms with Gasteiger partial charge in [-0.1, -0.05) is 12.1 Å². The fraction of sp³-hybridized carbons (Fsp3) is 0.400. The first-order chi connectivity index (χ1) is 13.1. The van der Waals surface area contributed by atoms with E-state index in [0.29, 0.717) is 38.2 Å². The molecular weight excluding hydrogens is 344 g/mol. The zero-order valence-corrected chi connectivity index (χ0v) is 15.6. The van der Waals surface area contributed by atoms with Gasteiger partial charge in [-0.3, -0.25) is 9.59 Å². The summed E-state index contributed by atoms with van der Waals surface area (Å²) in [6.45, 7) is 4.16. The summed E-state index contributed by atoms with van der Waals surface area (Å²) in [6, 6.07) is 11.1. The Balaban J connectivity index is 1.53. The molecule has 7 heteroatoms. The number of aryl methyl sites for hydroxylation is 1. The molecule has 1 atom stereocenters. The van der Waals surface area contributed by atoms with E-state index >= 15 is 0 Å². The first-order valence-corrected chi connectivity index (χ1v) is 9.02. The van der Waals surface area contributed by atoms with Crippen molar-refractivity contribution in [3.8, 4) is 11.3 Å². The summed E-state index contributed by atoms with van der Waals surface area (Å²) in [5, 5.41) is 11.1. The lowest BCUT2D eigenvalue weighted by molar-refractivity contribution is -0.128. The Labute approximate surface area is 158 Å². The number of hydrogen-bond acceptors (Lipinski definition) is 5. The average molecular weight is 368 g/mol. The van der Waals surface area contributed by atoms with Crippen molar-refractivity contribution in [2.24, 2.45) is 5.92 Å². The summed E-state index contributed by atoms with van der Waals surface area (Å²) in [6.07, 6.45) is 0.467. The number of likely N-dealkylation sites (tertiary alicyclic amines) is 1. The minimum Gasteiger partial charge on any atom is -0.383 e. The first-order valence-electron chi connectivity index (χ1n) is 9.02. The number of ether oxygens (including phenoxy) is 1. The molecule has 2 heterocycles. The molecule has 0 radical (unpaired) electrons. The number of aromatic nitrogens is 2. The second-order valence-electron chi connectivity index (χ2n) is 6.75. The monoisotopic (exact) mass is 368 g/mol. The SMILES string of the molecule is COCCN1C[C@H](CNC(=O)c2ccc(-c3ccc(C)nn3)cc2)CC1=O. The summed E-state index contributed by atoms with van der Waals surface area (Å²) in [7, 11) is 1.62. The lowest BCUT2D eigenvalue weighted by Gasteiger charge is -2.16. The van der Waals surface area contributed by atoms with Crippen molar-refractivity contribution >= 4 is 11.8 Å². The van der Waals surface area contributed by atoms with E-state index in [0.717, 1.165) is 17.0 Å². The van der Waals surface area contributed by atoms with Crippen molar-refractivity contribution in [1.29, 1.82) is 0 Å². The molecule has 0 bridgehead atoms. The molecule has 2 aromatic rings. The summed E-state index contributed by atoms with van der Waals surface area (Å²) >= 11 is 0. The largest absolute Gasteiger partial charge is 0.383 e. The number of rotatable bonds is 7. The fourth-order valence-electron chi connectivity index (χ4n) is 3.09. The van der Waals surface area contributed by atoms with Crippen molar-refractivity contribution in [3.63, 3.8) is 0 Å². The molecule has 3 rings (SSSR count). The fourth-order valence-corrected chi connectivity index (χ4v) is 3.09. The highest BCUT2D eigenvalue weighted by molar-refractivity contribution is 5.94. The standard InChI is InChI=1S/C20H24N4O3/c1-14-3-8-18(23-22-14)16-4-6-17(7-5-16)20(26)21-12-15-11-19(25)24(13-15)9-10-27-2/h3-8,15H,9-13H2,1-2H3,(H,21,26)/t15-/m0/s1. The third kappa shape index (κ3) is 4.89. The molecule has 1 fully saturated rings. The molecule has 1 N–H and O–H groups in total. The maximum atomic E-state index is 12.4. The van der Waals surface area contributed by atoms with Gasteiger partial charge in [-0.25, -0.2) is 0 Å². The third-order valence-electron chi connectivity index (χ3n) is 4.65. The van der Waals surface area contributed by atoms with Crippen LogP contribution in [-0.4, -0.2) is 60.3 Å². The van der Waals surface area contributed by atoms with Gasteiger partial charge >= 0.3 is 0 Å². The van der Waals surface area contributed by atoms with E-state index in [1.165, 1.54) is 0 Å². The number of hydrogen-bond donors (Lipinski definition) is 1. The van der Waals surface area contributed by atoms with Gasteiger partial charge in [0.2, 0.25) is 5.91 Å². The molecule has 1 aromatic heterocycles. The number of methoxy groups -OCH3 is 1. The van der Waals surface area contributed by atoms with Gasteiger partial charge < -0.3 is 15.0 Å². The zero-order chi connectivity index (χ0) is 19.2. The summed E-state index contributed by atoms with van der Waals surface area (Å²) in [4.78, 5) is 26.1. The normalized spacial score (nSPS) is 16.6. The average Bonchev–Trinajstić information content (AvgIpc) is 3.05. The van der Waals surface area contributed by atoms with E-state index in [9.17, 15) is 9.59 Å². The van der Waals surface area contributed by atoms with E-state index in [4.69, 9.17) is 4.74 Å². The number of carbonyl (C=O) groups is 2. The Kier molecular flexibility index (Phi) is 6.13. The number of nitrogens with zero attached hydrogens (tertiary/aromatic N) is 3. The molecule has 7 nitrogen and oxygen atoms in total. The Morgan fingerprint density at radius 3 is 2.67 bits per heavy atom. The number of benzene rings is 1. The van der Waals surface area contributed by atoms with Crippen LogP contribution in [0.25, 0.3) is 11.3 Å². The minimum absolute atomic E-state index is 0.120. The van der Waals surface area contributed by atoms with Crippen molar-refractivity contribution in [2.45, 2.75) is 13.3 Å². The van der Waals surface area contributed by atoms with Crippen molar-refractivity contribution in [1.82, 2.24) is 20.4 Å². The molecule has 1 aliphatic rings. The van der Waals surface area contributed by atoms with Crippen molar-refractivity contribution in [2.75, 3.05) is 33.4 Å². The second kappa shape index (κ2) is 8.73. The molecule has 1 aliphatic heterocycles. The highest BCUT2D eigenvalue weighted by Crippen LogP contribution is 2.18. The molecule has 1 saturated heterocycles. The second-order valence-corrected chi connectivity index (χ2v) is 6.75. The zero-order valence-electron chi connectivity index (χ0n) is 15.6. The topological polar surface area (TPSA) is 84.4 Å². The van der Waals surface area contributed by atoms with Crippen LogP contribution in [0.3, 0.4) is 0 Å². The summed E-state index contributed by atoms with van der Waals surface area (Å²) in [5.41, 5.74) is 3.13. The highest BCUT2D eigenvalue weighted by atomic mass is 16.5. The van der Waals surface area contributed by atoms with Crippen molar-refractivity contribution in [3.05, 3.63) is 47.7 Å². The smallest absolute Gasteiger partial charge is 0.251 e. The molecule has 142 valence electrons. The minimum atomic E-state index is -0.140. The van der Waals surface area contributed by atoms with E-state index in [-0.39, 0.29) is 17.7 Å². The first kappa shape index (κ1) is 19.0. The van der Waals surface area contributed by atoms with Gasteiger partial charge in [0.05, 0.1) is 18.0 Å². The van der Waals surface area contributed by atoms with Crippen LogP contribution in [0.1, 0.15) is 22.5 Å². The van der Waals surface area contributed by atoms with E-state index in [2.05, 4.69) is 15.5 Å². The van der Waals surface area contributed by atoms with Gasteiger partial charge in [-0.05, 0) is 31.2 Å². The van der Waals surface area contributed by atoms with Crippen molar-refractivity contribution < 1.29 is 14.3 Å². The van der Waals surface area contributed by atoms with E-state index in [1.807, 2.05) is 31.2 Å². The Morgan fingerprint density at radius 1 is 1.22 bits per heavy atom. The van der Waals surface area contributed by atoms with Crippen LogP contribution in [0.4, 0.5) is 0 Å². The maximum Gasteiger partial charge on any atom is 0.251 e. The van der Waals surface area contributed by atoms with Crippen LogP contribution in [-0.2, 0) is 9.53 Å². The van der Waals surface area contributed by atoms with Crippen LogP contribution >= 0.6 is 0 Å². The maximum absolute atomic E-state index is 12.4. The molecule has 0 spiro atoms. The van der Waals surface area contributed by atoms with Crippen LogP contribution in [0.2, 0.25) is 0 Å². The highest BCUT2D eigenvalue weighted by Gasteiger charge is 2.29. The van der Waals surface area contributed by atoms with Crippen LogP contribution in [0, 0.1) is 12.8 Å². The van der Waals surface area contributed by atoms with Gasteiger partial charge in [-0.2, -0.15) is 10.2 Å². The molecular formula is C20H24N4O3. The van der Waals surface area contributed by atoms with E-state index < -0.39 is 0 Å². The third-order valence-corrected chi connectivity index (χ3v) is 4.65. The van der Waals surface area contributed by atoms with Crippen LogP contribution in [0.15, 0.2) is 36.4 Å². The summed E-state index contributed by atoms with van der Waals surface area (Å²) < 4.78 is 5.02. The van der Waals surface area contributed by atoms with E-state index in [1.54, 1.807) is 24.1 Å². The predicted molar refractivity (Wildman–Crippen MR) is 101 cm³/mol. The lowest BCUT2D eigenvalue weighted by atomic mass is 10.1. The van der Waals surface area contributed by atoms with Gasteiger partial charge in [0, 0.05) is 50.2 Å². The molecule has 1 aromatic carbocycles. The Morgan fingerprint density at radius 2 is 2.00 bits per heavy atom. The predicted octanol–water partition coefficient (Wildman–Crippen LogP) is 1.68. The number of nitrogens with one attached hydrogen (secondary N) is 1. The van der Waals surface area contributed by atoms with Crippen LogP contribution < -0.4 is 5.32 Å². The number of amides is 2. The molecule has 0 saturated carbocycles. The molecule has 0 aliphatic carbocycles. The lowest BCUT2D eigenvalue weighted by Crippen LogP contribution is -2.32. The quantitative estimate of drug-likeness (QED) is 0.804. The Hall–Kier alpha value is -2.80. The van der Waals surface area contributed by atoms with Gasteiger partial charge in [0.15, 0.2) is 0 Å². The van der Waals surface area contributed by atoms with Gasteiger partial charge in [0.25, 0.3) is 5.91 Å². The summed E-state index contributed by atoms with van der Waals surface area (Å²) in [5.74, 6) is 0.120. The van der Waals surface area contributed by atoms with Gasteiger partial charge in [-0.15, -0.1) is 0 Å². The molecule has 27 heavy (non-hydrogen) atoms. The van der Waals surface area contributed by atoms with Crippen LogP contribution in [0.5, 0.6) is 0 Å². The molecule has 2 amide bonds. The van der Waals surface area contributed by atoms with Gasteiger partial charge in [0.1, 0.15) is 0 Å².